The molecule has 0 atom stereocenters. The van der Waals surface area contributed by atoms with Gasteiger partial charge in [0.05, 0.1) is 0 Å². The maximum atomic E-state index is 3.54. The van der Waals surface area contributed by atoms with E-state index in [9.17, 15) is 0 Å². The van der Waals surface area contributed by atoms with Crippen LogP contribution < -0.4 is 0 Å². The van der Waals surface area contributed by atoms with Crippen LogP contribution in [0.2, 0.25) is 0 Å². The van der Waals surface area contributed by atoms with Crippen molar-refractivity contribution in [2.75, 3.05) is 0 Å². The van der Waals surface area contributed by atoms with Crippen LogP contribution >= 0.6 is 0 Å². The Morgan fingerprint density at radius 1 is 0.250 bits per heavy atom. The lowest BCUT2D eigenvalue weighted by molar-refractivity contribution is 0.230. The summed E-state index contributed by atoms with van der Waals surface area (Å²) >= 11 is 0. The maximum Gasteiger partial charge on any atom is 0.0418 e. The van der Waals surface area contributed by atoms with Gasteiger partial charge in [-0.1, -0.05) is 35.5 Å². The average molecular weight is 325 g/mol. The Labute approximate surface area is 151 Å². The average Bonchev–Trinajstić information content (AvgIpc) is 2.40. The van der Waals surface area contributed by atoms with Gasteiger partial charge in [-0.15, -0.1) is 0 Å². The lowest BCUT2D eigenvalue weighted by Crippen LogP contribution is -2.36. The van der Waals surface area contributed by atoms with Gasteiger partial charge < -0.3 is 0 Å². The second-order valence-corrected chi connectivity index (χ2v) is 10.5. The molecular weight excluding hydrogens is 288 g/mol. The predicted molar refractivity (Wildman–Crippen MR) is 106 cm³/mol. The van der Waals surface area contributed by atoms with E-state index < -0.39 is 0 Å². The summed E-state index contributed by atoms with van der Waals surface area (Å²) in [5, 5.41) is 0. The molecule has 0 N–H and O–H groups in total. The van der Waals surface area contributed by atoms with E-state index in [0.717, 1.165) is 0 Å². The molecule has 1 aliphatic carbocycles. The van der Waals surface area contributed by atoms with Gasteiger partial charge in [0.1, 0.15) is 0 Å². The number of rotatable bonds is 0. The van der Waals surface area contributed by atoms with Gasteiger partial charge in [0.2, 0.25) is 0 Å². The highest BCUT2D eigenvalue weighted by Gasteiger charge is 2.40. The van der Waals surface area contributed by atoms with Crippen LogP contribution in [0.4, 0.5) is 0 Å². The molecule has 0 radical (unpaired) electrons. The fourth-order valence-corrected chi connectivity index (χ4v) is 1.88. The van der Waals surface area contributed by atoms with Crippen LogP contribution in [-0.4, -0.2) is 0 Å². The van der Waals surface area contributed by atoms with Crippen molar-refractivity contribution >= 4 is 0 Å². The van der Waals surface area contributed by atoms with Crippen LogP contribution in [-0.2, 0) is 0 Å². The van der Waals surface area contributed by atoms with Gasteiger partial charge in [-0.05, 0) is 83.1 Å². The topological polar surface area (TPSA) is 0 Å². The minimum absolute atomic E-state index is 0.194. The van der Waals surface area contributed by atoms with Crippen molar-refractivity contribution in [1.29, 1.82) is 0 Å². The van der Waals surface area contributed by atoms with Gasteiger partial charge in [0.25, 0.3) is 0 Å². The molecule has 132 valence electrons. The molecule has 24 heavy (non-hydrogen) atoms. The van der Waals surface area contributed by atoms with Gasteiger partial charge >= 0.3 is 0 Å². The van der Waals surface area contributed by atoms with Crippen molar-refractivity contribution in [1.82, 2.24) is 0 Å². The molecule has 1 rings (SSSR count). The van der Waals surface area contributed by atoms with E-state index >= 15 is 0 Å². The predicted octanol–water partition coefficient (Wildman–Crippen LogP) is 6.17. The van der Waals surface area contributed by atoms with E-state index in [0.29, 0.717) is 0 Å². The fourth-order valence-electron chi connectivity index (χ4n) is 1.88. The zero-order chi connectivity index (χ0) is 19.2. The summed E-state index contributed by atoms with van der Waals surface area (Å²) in [5.74, 6) is 21.2. The van der Waals surface area contributed by atoms with Gasteiger partial charge in [-0.2, -0.15) is 0 Å². The van der Waals surface area contributed by atoms with Gasteiger partial charge in [0.15, 0.2) is 0 Å². The lowest BCUT2D eigenvalue weighted by Gasteiger charge is -2.39. The van der Waals surface area contributed by atoms with Gasteiger partial charge in [0, 0.05) is 32.5 Å². The van der Waals surface area contributed by atoms with E-state index in [-0.39, 0.29) is 32.5 Å². The Kier molecular flexibility index (Phi) is 4.84. The normalized spacial score (nSPS) is 27.5. The Morgan fingerprint density at radius 2 is 0.333 bits per heavy atom. The Morgan fingerprint density at radius 3 is 0.417 bits per heavy atom. The first-order chi connectivity index (χ1) is 10.4. The van der Waals surface area contributed by atoms with Crippen LogP contribution in [0, 0.1) is 68.0 Å². The summed E-state index contributed by atoms with van der Waals surface area (Å²) in [6, 6.07) is 0. The van der Waals surface area contributed by atoms with Crippen molar-refractivity contribution < 1.29 is 0 Å². The molecule has 0 bridgehead atoms. The summed E-state index contributed by atoms with van der Waals surface area (Å²) in [7, 11) is 0. The number of hydrogen-bond donors (Lipinski definition) is 0. The highest BCUT2D eigenvalue weighted by molar-refractivity contribution is 5.33. The van der Waals surface area contributed by atoms with Crippen molar-refractivity contribution in [3.05, 3.63) is 0 Å². The first-order valence-corrected chi connectivity index (χ1v) is 9.00. The third-order valence-electron chi connectivity index (χ3n) is 6.75. The summed E-state index contributed by atoms with van der Waals surface area (Å²) < 4.78 is 0. The molecule has 0 unspecified atom stereocenters. The number of hydrogen-bond acceptors (Lipinski definition) is 0. The fraction of sp³-hybridized carbons (Fsp3) is 0.750. The zero-order valence-corrected chi connectivity index (χ0v) is 18.0. The second kappa shape index (κ2) is 5.60. The summed E-state index contributed by atoms with van der Waals surface area (Å²) in [4.78, 5) is 0. The molecule has 0 spiro atoms. The van der Waals surface area contributed by atoms with Gasteiger partial charge in [-0.25, -0.2) is 0 Å². The lowest BCUT2D eigenvalue weighted by atomic mass is 9.62. The maximum absolute atomic E-state index is 3.54. The van der Waals surface area contributed by atoms with E-state index in [1.54, 1.807) is 0 Å². The molecule has 0 saturated carbocycles. The summed E-state index contributed by atoms with van der Waals surface area (Å²) in [5.41, 5.74) is -1.17. The van der Waals surface area contributed by atoms with Crippen molar-refractivity contribution in [3.63, 3.8) is 0 Å². The first kappa shape index (κ1) is 20.7. The van der Waals surface area contributed by atoms with Crippen molar-refractivity contribution in [3.8, 4) is 35.5 Å². The monoisotopic (exact) mass is 324 g/mol. The molecule has 0 heteroatoms. The standard InChI is InChI=1S/C24H36/c1-19(2)13-14-21(5,6)23(9,10)17-18-24(11,12)22(7,8)16-15-20(19,3)4/h1-12H3. The van der Waals surface area contributed by atoms with Crippen LogP contribution in [0.25, 0.3) is 0 Å². The SMILES string of the molecule is CC1(C)C#CC(C)(C)C(C)(C)C#CC(C)(C)C(C)(C)C#CC1(C)C. The quantitative estimate of drug-likeness (QED) is 0.468. The van der Waals surface area contributed by atoms with Crippen LogP contribution in [0.15, 0.2) is 0 Å². The highest BCUT2D eigenvalue weighted by Crippen LogP contribution is 2.44. The molecule has 0 aliphatic heterocycles. The molecule has 1 aliphatic rings. The molecule has 0 aromatic heterocycles. The summed E-state index contributed by atoms with van der Waals surface area (Å²) in [6.07, 6.45) is 0. The Bertz CT molecular complexity index is 532. The molecule has 0 nitrogen and oxygen atoms in total. The second-order valence-electron chi connectivity index (χ2n) is 10.5. The van der Waals surface area contributed by atoms with E-state index in [1.807, 2.05) is 0 Å². The van der Waals surface area contributed by atoms with Crippen LogP contribution in [0.1, 0.15) is 83.1 Å². The van der Waals surface area contributed by atoms with Crippen LogP contribution in [0.5, 0.6) is 0 Å². The Balaban J connectivity index is 3.79. The van der Waals surface area contributed by atoms with Crippen molar-refractivity contribution in [2.24, 2.45) is 32.5 Å². The minimum atomic E-state index is -0.194. The van der Waals surface area contributed by atoms with E-state index in [2.05, 4.69) is 119 Å². The molecule has 0 heterocycles. The van der Waals surface area contributed by atoms with Gasteiger partial charge in [-0.3, -0.25) is 0 Å². The largest absolute Gasteiger partial charge is 0.0949 e. The first-order valence-electron chi connectivity index (χ1n) is 9.00. The van der Waals surface area contributed by atoms with E-state index in [1.165, 1.54) is 0 Å². The molecule has 0 saturated heterocycles. The molecule has 0 aromatic carbocycles. The van der Waals surface area contributed by atoms with Crippen molar-refractivity contribution in [2.45, 2.75) is 83.1 Å². The third kappa shape index (κ3) is 3.68. The zero-order valence-electron chi connectivity index (χ0n) is 18.0. The smallest absolute Gasteiger partial charge is 0.0418 e. The minimum Gasteiger partial charge on any atom is -0.0949 e. The molecule has 0 aromatic rings. The summed E-state index contributed by atoms with van der Waals surface area (Å²) in [6.45, 7) is 26.4. The van der Waals surface area contributed by atoms with Crippen LogP contribution in [0.3, 0.4) is 0 Å². The highest BCUT2D eigenvalue weighted by atomic mass is 14.4. The molecular formula is C24H36. The molecule has 0 fully saturated rings. The third-order valence-corrected chi connectivity index (χ3v) is 6.75. The Hall–Kier alpha value is -1.32. The van der Waals surface area contributed by atoms with E-state index in [4.69, 9.17) is 0 Å². The molecule has 0 amide bonds.